The number of nitrogens with zero attached hydrogens (tertiary/aromatic N) is 1. The van der Waals surface area contributed by atoms with Gasteiger partial charge in [0.25, 0.3) is 0 Å². The predicted octanol–water partition coefficient (Wildman–Crippen LogP) is 7.21. The largest absolute Gasteiger partial charge is 0.489 e. The monoisotopic (exact) mass is 457 g/mol. The van der Waals surface area contributed by atoms with E-state index in [1.54, 1.807) is 28.6 Å². The van der Waals surface area contributed by atoms with Gasteiger partial charge in [-0.3, -0.25) is 0 Å². The van der Waals surface area contributed by atoms with Crippen LogP contribution < -0.4 is 9.04 Å². The lowest BCUT2D eigenvalue weighted by Crippen LogP contribution is -2.26. The molecule has 4 rings (SSSR count). The number of hydrogen-bond acceptors (Lipinski definition) is 3. The Morgan fingerprint density at radius 1 is 1.00 bits per heavy atom. The van der Waals surface area contributed by atoms with Gasteiger partial charge in [0.2, 0.25) is 0 Å². The van der Waals surface area contributed by atoms with Crippen molar-refractivity contribution in [3.63, 3.8) is 0 Å². The number of benzene rings is 3. The van der Waals surface area contributed by atoms with E-state index in [1.807, 2.05) is 0 Å². The van der Waals surface area contributed by atoms with E-state index in [4.69, 9.17) is 16.3 Å². The van der Waals surface area contributed by atoms with Crippen molar-refractivity contribution < 1.29 is 26.7 Å². The number of hydrogen-bond donors (Lipinski definition) is 0. The zero-order valence-corrected chi connectivity index (χ0v) is 16.7. The van der Waals surface area contributed by atoms with Gasteiger partial charge in [0.1, 0.15) is 24.0 Å². The predicted molar refractivity (Wildman–Crippen MR) is 107 cm³/mol. The molecule has 0 aromatic heterocycles. The van der Waals surface area contributed by atoms with E-state index in [0.29, 0.717) is 41.1 Å². The molecule has 1 aliphatic heterocycles. The average molecular weight is 458 g/mol. The van der Waals surface area contributed by atoms with Gasteiger partial charge in [-0.25, -0.2) is 8.78 Å². The molecule has 0 atom stereocenters. The van der Waals surface area contributed by atoms with E-state index in [-0.39, 0.29) is 10.6 Å². The van der Waals surface area contributed by atoms with Crippen LogP contribution >= 0.6 is 23.5 Å². The molecule has 0 spiro atoms. The highest BCUT2D eigenvalue weighted by Crippen LogP contribution is 2.43. The summed E-state index contributed by atoms with van der Waals surface area (Å²) in [5, 5.41) is -0.217. The van der Waals surface area contributed by atoms with Crippen molar-refractivity contribution in [2.24, 2.45) is 0 Å². The summed E-state index contributed by atoms with van der Waals surface area (Å²) in [6.07, 6.45) is -4.44. The van der Waals surface area contributed by atoms with Crippen LogP contribution in [0.25, 0.3) is 11.1 Å². The second-order valence-electron chi connectivity index (χ2n) is 6.50. The van der Waals surface area contributed by atoms with E-state index >= 15 is 0 Å². The Morgan fingerprint density at radius 2 is 1.80 bits per heavy atom. The minimum absolute atomic E-state index is 0.173. The average Bonchev–Trinajstić information content (AvgIpc) is 2.70. The summed E-state index contributed by atoms with van der Waals surface area (Å²) in [6.45, 7) is 0.746. The normalized spacial score (nSPS) is 13.7. The minimum Gasteiger partial charge on any atom is -0.489 e. The number of ether oxygens (including phenoxy) is 1. The van der Waals surface area contributed by atoms with Gasteiger partial charge < -0.3 is 9.04 Å². The summed E-state index contributed by atoms with van der Waals surface area (Å²) in [6, 6.07) is 11.7. The summed E-state index contributed by atoms with van der Waals surface area (Å²) < 4.78 is 74.0. The zero-order chi connectivity index (χ0) is 21.5. The highest BCUT2D eigenvalue weighted by Gasteiger charge is 2.31. The van der Waals surface area contributed by atoms with Gasteiger partial charge >= 0.3 is 6.18 Å². The molecule has 0 saturated heterocycles. The maximum atomic E-state index is 13.9. The molecule has 0 fully saturated rings. The molecule has 2 nitrogen and oxygen atoms in total. The SMILES string of the molecule is Fc1cc(F)c(Cl)c(-c2ccc3c(c2)N(Sc2cccc(C(F)(F)F)c2)CCO3)c1. The first-order valence-corrected chi connectivity index (χ1v) is 9.92. The standard InChI is InChI=1S/C21H13ClF5NOS/c22-20-16(10-14(23)11-17(20)24)12-4-5-19-18(8-12)28(6-7-29-19)30-15-3-1-2-13(9-15)21(25,26)27/h1-5,8-11H,6-7H2. The molecule has 156 valence electrons. The Bertz CT molecular complexity index is 1110. The van der Waals surface area contributed by atoms with Crippen LogP contribution in [-0.4, -0.2) is 13.2 Å². The number of halogens is 6. The molecule has 9 heteroatoms. The van der Waals surface area contributed by atoms with E-state index in [0.717, 1.165) is 30.1 Å². The quantitative estimate of drug-likeness (QED) is 0.234. The molecule has 0 aliphatic carbocycles. The summed E-state index contributed by atoms with van der Waals surface area (Å²) in [7, 11) is 0. The van der Waals surface area contributed by atoms with Crippen molar-refractivity contribution in [2.75, 3.05) is 17.5 Å². The van der Waals surface area contributed by atoms with E-state index in [1.165, 1.54) is 6.07 Å². The summed E-state index contributed by atoms with van der Waals surface area (Å²) >= 11 is 7.14. The van der Waals surface area contributed by atoms with Gasteiger partial charge in [0.05, 0.1) is 22.8 Å². The maximum Gasteiger partial charge on any atom is 0.416 e. The third kappa shape index (κ3) is 4.20. The fourth-order valence-corrected chi connectivity index (χ4v) is 4.28. The molecule has 0 unspecified atom stereocenters. The van der Waals surface area contributed by atoms with E-state index in [9.17, 15) is 22.0 Å². The van der Waals surface area contributed by atoms with Crippen LogP contribution in [0, 0.1) is 11.6 Å². The summed E-state index contributed by atoms with van der Waals surface area (Å²) in [4.78, 5) is 0.401. The smallest absolute Gasteiger partial charge is 0.416 e. The highest BCUT2D eigenvalue weighted by atomic mass is 35.5. The first-order valence-electron chi connectivity index (χ1n) is 8.77. The Morgan fingerprint density at radius 3 is 2.57 bits per heavy atom. The molecule has 0 bridgehead atoms. The van der Waals surface area contributed by atoms with Gasteiger partial charge in [0, 0.05) is 16.5 Å². The molecule has 0 amide bonds. The molecular weight excluding hydrogens is 445 g/mol. The second kappa shape index (κ2) is 8.00. The van der Waals surface area contributed by atoms with Crippen LogP contribution in [0.15, 0.2) is 59.5 Å². The topological polar surface area (TPSA) is 12.5 Å². The van der Waals surface area contributed by atoms with E-state index < -0.39 is 23.4 Å². The number of alkyl halides is 3. The second-order valence-corrected chi connectivity index (χ2v) is 7.97. The lowest BCUT2D eigenvalue weighted by atomic mass is 10.0. The van der Waals surface area contributed by atoms with Crippen LogP contribution in [-0.2, 0) is 6.18 Å². The molecule has 0 N–H and O–H groups in total. The first-order chi connectivity index (χ1) is 14.2. The first kappa shape index (κ1) is 20.8. The van der Waals surface area contributed by atoms with Crippen LogP contribution in [0.2, 0.25) is 5.02 Å². The van der Waals surface area contributed by atoms with Gasteiger partial charge in [-0.05, 0) is 53.9 Å². The zero-order valence-electron chi connectivity index (χ0n) is 15.1. The van der Waals surface area contributed by atoms with Gasteiger partial charge in [-0.1, -0.05) is 23.7 Å². The fraction of sp³-hybridized carbons (Fsp3) is 0.143. The van der Waals surface area contributed by atoms with Crippen LogP contribution in [0.1, 0.15) is 5.56 Å². The Hall–Kier alpha value is -2.45. The summed E-state index contributed by atoms with van der Waals surface area (Å²) in [5.41, 5.74) is 0.461. The van der Waals surface area contributed by atoms with Crippen LogP contribution in [0.4, 0.5) is 27.6 Å². The third-order valence-electron chi connectivity index (χ3n) is 4.46. The molecule has 0 radical (unpaired) electrons. The van der Waals surface area contributed by atoms with Gasteiger partial charge in [0.15, 0.2) is 0 Å². The molecule has 3 aromatic rings. The van der Waals surface area contributed by atoms with Crippen molar-refractivity contribution in [1.82, 2.24) is 0 Å². The maximum absolute atomic E-state index is 13.9. The van der Waals surface area contributed by atoms with Crippen molar-refractivity contribution in [2.45, 2.75) is 11.1 Å². The van der Waals surface area contributed by atoms with Crippen molar-refractivity contribution in [3.05, 3.63) is 76.8 Å². The molecule has 0 saturated carbocycles. The highest BCUT2D eigenvalue weighted by molar-refractivity contribution is 8.00. The van der Waals surface area contributed by atoms with Crippen molar-refractivity contribution in [3.8, 4) is 16.9 Å². The molecule has 1 heterocycles. The fourth-order valence-electron chi connectivity index (χ4n) is 3.08. The molecular formula is C21H13ClF5NOS. The third-order valence-corrected chi connectivity index (χ3v) is 5.91. The van der Waals surface area contributed by atoms with Crippen molar-refractivity contribution in [1.29, 1.82) is 0 Å². The Balaban J connectivity index is 1.70. The Labute approximate surface area is 178 Å². The lowest BCUT2D eigenvalue weighted by Gasteiger charge is -2.30. The number of fused-ring (bicyclic) bond motifs is 1. The molecule has 30 heavy (non-hydrogen) atoms. The summed E-state index contributed by atoms with van der Waals surface area (Å²) in [5.74, 6) is -1.13. The van der Waals surface area contributed by atoms with Crippen molar-refractivity contribution >= 4 is 29.2 Å². The van der Waals surface area contributed by atoms with Gasteiger partial charge in [-0.15, -0.1) is 0 Å². The van der Waals surface area contributed by atoms with Crippen LogP contribution in [0.5, 0.6) is 5.75 Å². The minimum atomic E-state index is -4.44. The molecule has 1 aliphatic rings. The number of rotatable bonds is 3. The van der Waals surface area contributed by atoms with E-state index in [2.05, 4.69) is 0 Å². The van der Waals surface area contributed by atoms with Crippen LogP contribution in [0.3, 0.4) is 0 Å². The van der Waals surface area contributed by atoms with Gasteiger partial charge in [-0.2, -0.15) is 13.2 Å². The lowest BCUT2D eigenvalue weighted by molar-refractivity contribution is -0.137. The molecule has 3 aromatic carbocycles. The number of anilines is 1. The Kier molecular flexibility index (Phi) is 5.55.